The Hall–Kier alpha value is -0.940. The number of rotatable bonds is 7. The zero-order valence-electron chi connectivity index (χ0n) is 11.6. The predicted molar refractivity (Wildman–Crippen MR) is 76.0 cm³/mol. The molecule has 1 aromatic carbocycles. The molecule has 1 atom stereocenters. The van der Waals surface area contributed by atoms with Gasteiger partial charge in [-0.25, -0.2) is 0 Å². The quantitative estimate of drug-likeness (QED) is 0.717. The van der Waals surface area contributed by atoms with Gasteiger partial charge in [-0.3, -0.25) is 4.90 Å². The van der Waals surface area contributed by atoms with Gasteiger partial charge in [0.2, 0.25) is 0 Å². The van der Waals surface area contributed by atoms with Crippen LogP contribution in [0.2, 0.25) is 0 Å². The standard InChI is InChI=1S/C15H24N2O2/c1-19-10-8-16-15(13-18)7-9-17(12-15)11-14-5-3-2-4-6-14/h2-6,16,18H,7-13H2,1H3. The van der Waals surface area contributed by atoms with E-state index in [1.54, 1.807) is 7.11 Å². The highest BCUT2D eigenvalue weighted by atomic mass is 16.5. The lowest BCUT2D eigenvalue weighted by molar-refractivity contribution is 0.138. The number of ether oxygens (including phenoxy) is 1. The first kappa shape index (κ1) is 14.5. The minimum Gasteiger partial charge on any atom is -0.394 e. The van der Waals surface area contributed by atoms with E-state index in [2.05, 4.69) is 34.5 Å². The van der Waals surface area contributed by atoms with E-state index in [9.17, 15) is 5.11 Å². The van der Waals surface area contributed by atoms with E-state index in [4.69, 9.17) is 4.74 Å². The van der Waals surface area contributed by atoms with Gasteiger partial charge in [-0.15, -0.1) is 0 Å². The molecule has 0 bridgehead atoms. The van der Waals surface area contributed by atoms with Crippen LogP contribution in [0.5, 0.6) is 0 Å². The molecule has 0 aliphatic carbocycles. The van der Waals surface area contributed by atoms with Crippen LogP contribution in [0.3, 0.4) is 0 Å². The largest absolute Gasteiger partial charge is 0.394 e. The Labute approximate surface area is 115 Å². The number of nitrogens with one attached hydrogen (secondary N) is 1. The molecule has 1 aliphatic rings. The lowest BCUT2D eigenvalue weighted by Gasteiger charge is -2.28. The SMILES string of the molecule is COCCNC1(CO)CCN(Cc2ccccc2)C1. The van der Waals surface area contributed by atoms with Crippen molar-refractivity contribution in [1.29, 1.82) is 0 Å². The van der Waals surface area contributed by atoms with Crippen molar-refractivity contribution in [3.63, 3.8) is 0 Å². The van der Waals surface area contributed by atoms with Crippen LogP contribution in [0.4, 0.5) is 0 Å². The molecule has 0 radical (unpaired) electrons. The molecule has 0 aromatic heterocycles. The number of aliphatic hydroxyl groups is 1. The van der Waals surface area contributed by atoms with E-state index >= 15 is 0 Å². The van der Waals surface area contributed by atoms with E-state index < -0.39 is 0 Å². The van der Waals surface area contributed by atoms with Crippen LogP contribution in [0.25, 0.3) is 0 Å². The molecule has 19 heavy (non-hydrogen) atoms. The maximum Gasteiger partial charge on any atom is 0.0626 e. The fourth-order valence-corrected chi connectivity index (χ4v) is 2.68. The van der Waals surface area contributed by atoms with Crippen molar-refractivity contribution < 1.29 is 9.84 Å². The van der Waals surface area contributed by atoms with Crippen LogP contribution >= 0.6 is 0 Å². The van der Waals surface area contributed by atoms with E-state index in [1.165, 1.54) is 5.56 Å². The third-order valence-electron chi connectivity index (χ3n) is 3.79. The van der Waals surface area contributed by atoms with Gasteiger partial charge in [0, 0.05) is 33.3 Å². The number of hydrogen-bond acceptors (Lipinski definition) is 4. The molecule has 2 rings (SSSR count). The summed E-state index contributed by atoms with van der Waals surface area (Å²) < 4.78 is 5.06. The molecule has 1 heterocycles. The molecule has 1 unspecified atom stereocenters. The van der Waals surface area contributed by atoms with Gasteiger partial charge < -0.3 is 15.2 Å². The Morgan fingerprint density at radius 1 is 1.37 bits per heavy atom. The molecule has 0 saturated carbocycles. The molecule has 4 nitrogen and oxygen atoms in total. The summed E-state index contributed by atoms with van der Waals surface area (Å²) in [5, 5.41) is 13.1. The monoisotopic (exact) mass is 264 g/mol. The van der Waals surface area contributed by atoms with Crippen molar-refractivity contribution in [3.8, 4) is 0 Å². The molecule has 1 aliphatic heterocycles. The Bertz CT molecular complexity index is 372. The first-order valence-corrected chi connectivity index (χ1v) is 6.89. The minimum absolute atomic E-state index is 0.159. The topological polar surface area (TPSA) is 44.7 Å². The molecule has 0 spiro atoms. The highest BCUT2D eigenvalue weighted by Crippen LogP contribution is 2.22. The van der Waals surface area contributed by atoms with Gasteiger partial charge in [-0.2, -0.15) is 0 Å². The summed E-state index contributed by atoms with van der Waals surface area (Å²) in [7, 11) is 1.70. The van der Waals surface area contributed by atoms with Crippen LogP contribution in [0.15, 0.2) is 30.3 Å². The number of benzene rings is 1. The number of nitrogens with zero attached hydrogens (tertiary/aromatic N) is 1. The molecule has 2 N–H and O–H groups in total. The van der Waals surface area contributed by atoms with Gasteiger partial charge in [0.15, 0.2) is 0 Å². The van der Waals surface area contributed by atoms with Crippen LogP contribution in [-0.2, 0) is 11.3 Å². The first-order valence-electron chi connectivity index (χ1n) is 6.89. The van der Waals surface area contributed by atoms with Crippen molar-refractivity contribution in [3.05, 3.63) is 35.9 Å². The van der Waals surface area contributed by atoms with Crippen molar-refractivity contribution in [2.24, 2.45) is 0 Å². The average molecular weight is 264 g/mol. The maximum absolute atomic E-state index is 9.67. The van der Waals surface area contributed by atoms with E-state index in [-0.39, 0.29) is 12.1 Å². The van der Waals surface area contributed by atoms with Gasteiger partial charge >= 0.3 is 0 Å². The van der Waals surface area contributed by atoms with E-state index in [1.807, 2.05) is 6.07 Å². The molecule has 106 valence electrons. The average Bonchev–Trinajstić information content (AvgIpc) is 2.84. The van der Waals surface area contributed by atoms with Crippen molar-refractivity contribution in [1.82, 2.24) is 10.2 Å². The normalized spacial score (nSPS) is 23.9. The second-order valence-electron chi connectivity index (χ2n) is 5.30. The van der Waals surface area contributed by atoms with Crippen molar-refractivity contribution in [2.45, 2.75) is 18.5 Å². The van der Waals surface area contributed by atoms with E-state index in [0.717, 1.165) is 32.6 Å². The third kappa shape index (κ3) is 4.01. The maximum atomic E-state index is 9.67. The summed E-state index contributed by atoms with van der Waals surface area (Å²) in [6.45, 7) is 4.52. The van der Waals surface area contributed by atoms with Crippen LogP contribution < -0.4 is 5.32 Å². The second kappa shape index (κ2) is 7.01. The van der Waals surface area contributed by atoms with Gasteiger partial charge in [0.05, 0.1) is 18.8 Å². The zero-order valence-corrected chi connectivity index (χ0v) is 11.6. The Morgan fingerprint density at radius 2 is 2.16 bits per heavy atom. The van der Waals surface area contributed by atoms with E-state index in [0.29, 0.717) is 6.61 Å². The number of hydrogen-bond donors (Lipinski definition) is 2. The lowest BCUT2D eigenvalue weighted by Crippen LogP contribution is -2.51. The lowest BCUT2D eigenvalue weighted by atomic mass is 10.00. The fraction of sp³-hybridized carbons (Fsp3) is 0.600. The van der Waals surface area contributed by atoms with Crippen LogP contribution in [0, 0.1) is 0 Å². The van der Waals surface area contributed by atoms with Crippen LogP contribution in [-0.4, -0.2) is 55.5 Å². The highest BCUT2D eigenvalue weighted by Gasteiger charge is 2.36. The second-order valence-corrected chi connectivity index (χ2v) is 5.30. The number of methoxy groups -OCH3 is 1. The van der Waals surface area contributed by atoms with Gasteiger partial charge in [-0.1, -0.05) is 30.3 Å². The summed E-state index contributed by atoms with van der Waals surface area (Å²) >= 11 is 0. The molecule has 1 aromatic rings. The number of likely N-dealkylation sites (tertiary alicyclic amines) is 1. The number of aliphatic hydroxyl groups excluding tert-OH is 1. The van der Waals surface area contributed by atoms with Crippen molar-refractivity contribution >= 4 is 0 Å². The first-order chi connectivity index (χ1) is 9.28. The fourth-order valence-electron chi connectivity index (χ4n) is 2.68. The molecule has 1 fully saturated rings. The smallest absolute Gasteiger partial charge is 0.0626 e. The highest BCUT2D eigenvalue weighted by molar-refractivity contribution is 5.15. The Morgan fingerprint density at radius 3 is 2.84 bits per heavy atom. The molecular formula is C15H24N2O2. The Balaban J connectivity index is 1.86. The summed E-state index contributed by atoms with van der Waals surface area (Å²) in [4.78, 5) is 2.39. The summed E-state index contributed by atoms with van der Waals surface area (Å²) in [6.07, 6.45) is 0.986. The summed E-state index contributed by atoms with van der Waals surface area (Å²) in [5.41, 5.74) is 1.17. The molecular weight excluding hydrogens is 240 g/mol. The third-order valence-corrected chi connectivity index (χ3v) is 3.79. The summed E-state index contributed by atoms with van der Waals surface area (Å²) in [5.74, 6) is 0. The molecule has 1 saturated heterocycles. The van der Waals surface area contributed by atoms with Crippen LogP contribution in [0.1, 0.15) is 12.0 Å². The van der Waals surface area contributed by atoms with Gasteiger partial charge in [0.1, 0.15) is 0 Å². The summed E-state index contributed by atoms with van der Waals surface area (Å²) in [6, 6.07) is 10.5. The van der Waals surface area contributed by atoms with Crippen molar-refractivity contribution in [2.75, 3.05) is 40.0 Å². The zero-order chi connectivity index (χ0) is 13.6. The van der Waals surface area contributed by atoms with Gasteiger partial charge in [0.25, 0.3) is 0 Å². The molecule has 0 amide bonds. The predicted octanol–water partition coefficient (Wildman–Crippen LogP) is 0.859. The molecule has 4 heteroatoms. The van der Waals surface area contributed by atoms with Gasteiger partial charge in [-0.05, 0) is 12.0 Å². The Kier molecular flexibility index (Phi) is 5.34. The minimum atomic E-state index is -0.159.